The van der Waals surface area contributed by atoms with Gasteiger partial charge in [-0.2, -0.15) is 0 Å². The molecule has 0 atom stereocenters. The van der Waals surface area contributed by atoms with Crippen LogP contribution in [0.25, 0.3) is 0 Å². The summed E-state index contributed by atoms with van der Waals surface area (Å²) in [6.45, 7) is 1.57. The number of hydrogen-bond donors (Lipinski definition) is 0. The number of rotatable bonds is 4. The molecule has 0 unspecified atom stereocenters. The fourth-order valence-electron chi connectivity index (χ4n) is 1.91. The van der Waals surface area contributed by atoms with E-state index in [0.717, 1.165) is 12.1 Å². The summed E-state index contributed by atoms with van der Waals surface area (Å²) in [4.78, 5) is 2.16. The highest BCUT2D eigenvalue weighted by Gasteiger charge is 2.07. The fourth-order valence-corrected chi connectivity index (χ4v) is 2.30. The molecule has 94 valence electrons. The summed E-state index contributed by atoms with van der Waals surface area (Å²) >= 11 is 3.29. The summed E-state index contributed by atoms with van der Waals surface area (Å²) in [6.07, 6.45) is 0. The van der Waals surface area contributed by atoms with E-state index in [4.69, 9.17) is 0 Å². The maximum absolute atomic E-state index is 13.4. The first-order valence-corrected chi connectivity index (χ1v) is 6.61. The van der Waals surface area contributed by atoms with Crippen molar-refractivity contribution in [3.8, 4) is 0 Å². The smallest absolute Gasteiger partial charge is 0.137 e. The van der Waals surface area contributed by atoms with Gasteiger partial charge in [-0.05, 0) is 40.2 Å². The SMILES string of the molecule is CN(Cc1ccccc1)Cc1cccc(F)c1Br. The minimum Gasteiger partial charge on any atom is -0.298 e. The molecule has 1 nitrogen and oxygen atoms in total. The van der Waals surface area contributed by atoms with Crippen LogP contribution in [0.5, 0.6) is 0 Å². The van der Waals surface area contributed by atoms with E-state index in [0.29, 0.717) is 11.0 Å². The van der Waals surface area contributed by atoms with Crippen molar-refractivity contribution in [1.29, 1.82) is 0 Å². The van der Waals surface area contributed by atoms with E-state index in [-0.39, 0.29) is 5.82 Å². The molecule has 0 spiro atoms. The summed E-state index contributed by atoms with van der Waals surface area (Å²) in [5.74, 6) is -0.208. The van der Waals surface area contributed by atoms with Gasteiger partial charge in [0.1, 0.15) is 5.82 Å². The first-order chi connectivity index (χ1) is 8.66. The third-order valence-corrected chi connectivity index (χ3v) is 3.66. The number of hydrogen-bond acceptors (Lipinski definition) is 1. The molecule has 2 rings (SSSR count). The van der Waals surface area contributed by atoms with Crippen LogP contribution in [0.15, 0.2) is 53.0 Å². The summed E-state index contributed by atoms with van der Waals surface area (Å²) in [5, 5.41) is 0. The number of benzene rings is 2. The lowest BCUT2D eigenvalue weighted by Crippen LogP contribution is -2.17. The predicted molar refractivity (Wildman–Crippen MR) is 75.7 cm³/mol. The van der Waals surface area contributed by atoms with Gasteiger partial charge in [0.05, 0.1) is 4.47 Å². The van der Waals surface area contributed by atoms with Crippen LogP contribution in [0.2, 0.25) is 0 Å². The Morgan fingerprint density at radius 1 is 1.00 bits per heavy atom. The largest absolute Gasteiger partial charge is 0.298 e. The van der Waals surface area contributed by atoms with E-state index in [9.17, 15) is 4.39 Å². The second-order valence-electron chi connectivity index (χ2n) is 4.37. The van der Waals surface area contributed by atoms with Gasteiger partial charge >= 0.3 is 0 Å². The zero-order chi connectivity index (χ0) is 13.0. The average Bonchev–Trinajstić information content (AvgIpc) is 2.36. The van der Waals surface area contributed by atoms with Crippen molar-refractivity contribution < 1.29 is 4.39 Å². The van der Waals surface area contributed by atoms with Crippen molar-refractivity contribution in [2.75, 3.05) is 7.05 Å². The van der Waals surface area contributed by atoms with E-state index in [1.165, 1.54) is 11.6 Å². The van der Waals surface area contributed by atoms with E-state index in [1.54, 1.807) is 6.07 Å². The summed E-state index contributed by atoms with van der Waals surface area (Å²) in [5.41, 5.74) is 2.22. The maximum atomic E-state index is 13.4. The molecule has 0 aliphatic rings. The third kappa shape index (κ3) is 3.40. The van der Waals surface area contributed by atoms with Crippen molar-refractivity contribution >= 4 is 15.9 Å². The van der Waals surface area contributed by atoms with Crippen molar-refractivity contribution in [1.82, 2.24) is 4.90 Å². The van der Waals surface area contributed by atoms with Crippen LogP contribution < -0.4 is 0 Å². The van der Waals surface area contributed by atoms with Gasteiger partial charge in [-0.15, -0.1) is 0 Å². The Morgan fingerprint density at radius 2 is 1.72 bits per heavy atom. The molecule has 0 heterocycles. The molecule has 18 heavy (non-hydrogen) atoms. The lowest BCUT2D eigenvalue weighted by Gasteiger charge is -2.17. The lowest BCUT2D eigenvalue weighted by atomic mass is 10.2. The van der Waals surface area contributed by atoms with E-state index in [2.05, 4.69) is 33.0 Å². The molecule has 0 aliphatic carbocycles. The Labute approximate surface area is 115 Å². The minimum absolute atomic E-state index is 0.208. The van der Waals surface area contributed by atoms with E-state index >= 15 is 0 Å². The molecule has 0 amide bonds. The zero-order valence-corrected chi connectivity index (χ0v) is 11.8. The first kappa shape index (κ1) is 13.2. The average molecular weight is 308 g/mol. The van der Waals surface area contributed by atoms with Crippen LogP contribution in [0.3, 0.4) is 0 Å². The van der Waals surface area contributed by atoms with Gasteiger partial charge in [-0.25, -0.2) is 4.39 Å². The van der Waals surface area contributed by atoms with E-state index in [1.807, 2.05) is 31.3 Å². The Bertz CT molecular complexity index is 513. The molecule has 0 aromatic heterocycles. The molecule has 0 saturated heterocycles. The summed E-state index contributed by atoms with van der Waals surface area (Å²) < 4.78 is 14.0. The van der Waals surface area contributed by atoms with Crippen molar-refractivity contribution in [3.63, 3.8) is 0 Å². The van der Waals surface area contributed by atoms with Gasteiger partial charge in [0.2, 0.25) is 0 Å². The van der Waals surface area contributed by atoms with Crippen LogP contribution in [-0.4, -0.2) is 11.9 Å². The molecular weight excluding hydrogens is 293 g/mol. The molecule has 0 radical (unpaired) electrons. The number of nitrogens with zero attached hydrogens (tertiary/aromatic N) is 1. The number of halogens is 2. The van der Waals surface area contributed by atoms with Gasteiger partial charge in [-0.3, -0.25) is 4.90 Å². The zero-order valence-electron chi connectivity index (χ0n) is 10.2. The minimum atomic E-state index is -0.208. The first-order valence-electron chi connectivity index (χ1n) is 5.82. The van der Waals surface area contributed by atoms with E-state index < -0.39 is 0 Å². The predicted octanol–water partition coefficient (Wildman–Crippen LogP) is 4.22. The highest BCUT2D eigenvalue weighted by molar-refractivity contribution is 9.10. The summed E-state index contributed by atoms with van der Waals surface area (Å²) in [6, 6.07) is 15.4. The lowest BCUT2D eigenvalue weighted by molar-refractivity contribution is 0.318. The second kappa shape index (κ2) is 6.12. The molecular formula is C15H15BrFN. The molecule has 0 saturated carbocycles. The van der Waals surface area contributed by atoms with Crippen LogP contribution in [-0.2, 0) is 13.1 Å². The molecule has 2 aromatic rings. The second-order valence-corrected chi connectivity index (χ2v) is 5.16. The molecule has 0 aliphatic heterocycles. The highest BCUT2D eigenvalue weighted by Crippen LogP contribution is 2.21. The molecule has 2 aromatic carbocycles. The monoisotopic (exact) mass is 307 g/mol. The summed E-state index contributed by atoms with van der Waals surface area (Å²) in [7, 11) is 2.03. The maximum Gasteiger partial charge on any atom is 0.137 e. The highest BCUT2D eigenvalue weighted by atomic mass is 79.9. The molecule has 0 bridgehead atoms. The van der Waals surface area contributed by atoms with Gasteiger partial charge in [-0.1, -0.05) is 42.5 Å². The van der Waals surface area contributed by atoms with Crippen LogP contribution in [0.1, 0.15) is 11.1 Å². The van der Waals surface area contributed by atoms with Crippen LogP contribution in [0.4, 0.5) is 4.39 Å². The fraction of sp³-hybridized carbons (Fsp3) is 0.200. The van der Waals surface area contributed by atoms with Crippen molar-refractivity contribution in [2.45, 2.75) is 13.1 Å². The van der Waals surface area contributed by atoms with Crippen molar-refractivity contribution in [2.24, 2.45) is 0 Å². The normalized spacial score (nSPS) is 10.9. The Kier molecular flexibility index (Phi) is 4.50. The third-order valence-electron chi connectivity index (χ3n) is 2.77. The van der Waals surface area contributed by atoms with Crippen LogP contribution >= 0.6 is 15.9 Å². The molecule has 0 fully saturated rings. The van der Waals surface area contributed by atoms with Gasteiger partial charge in [0.15, 0.2) is 0 Å². The quantitative estimate of drug-likeness (QED) is 0.817. The van der Waals surface area contributed by atoms with Crippen LogP contribution in [0, 0.1) is 5.82 Å². The molecule has 3 heteroatoms. The van der Waals surface area contributed by atoms with Gasteiger partial charge in [0.25, 0.3) is 0 Å². The van der Waals surface area contributed by atoms with Gasteiger partial charge < -0.3 is 0 Å². The van der Waals surface area contributed by atoms with Gasteiger partial charge in [0, 0.05) is 13.1 Å². The topological polar surface area (TPSA) is 3.24 Å². The Balaban J connectivity index is 2.03. The Morgan fingerprint density at radius 3 is 2.44 bits per heavy atom. The van der Waals surface area contributed by atoms with Crippen molar-refractivity contribution in [3.05, 3.63) is 69.9 Å². The molecule has 0 N–H and O–H groups in total. The Hall–Kier alpha value is -1.19. The standard InChI is InChI=1S/C15H15BrFN/c1-18(10-12-6-3-2-4-7-12)11-13-8-5-9-14(17)15(13)16/h2-9H,10-11H2,1H3.